The van der Waals surface area contributed by atoms with Crippen LogP contribution in [0.25, 0.3) is 16.6 Å². The second-order valence-corrected chi connectivity index (χ2v) is 14.2. The molecule has 54 heavy (non-hydrogen) atoms. The maximum Gasteiger partial charge on any atom is 0.263 e. The largest absolute Gasteiger partial charge is 1.00 e. The summed E-state index contributed by atoms with van der Waals surface area (Å²) in [6, 6.07) is 13.6. The summed E-state index contributed by atoms with van der Waals surface area (Å²) in [4.78, 5) is 31.9. The Labute approximate surface area is 323 Å². The fourth-order valence-corrected chi connectivity index (χ4v) is 7.63. The average Bonchev–Trinajstić information content (AvgIpc) is 3.16. The number of aromatic nitrogens is 1. The molecule has 3 fully saturated rings. The van der Waals surface area contributed by atoms with Gasteiger partial charge >= 0.3 is 0 Å². The highest BCUT2D eigenvalue weighted by Gasteiger charge is 2.37. The van der Waals surface area contributed by atoms with Crippen molar-refractivity contribution in [2.24, 2.45) is 0 Å². The van der Waals surface area contributed by atoms with Crippen LogP contribution in [0.5, 0.6) is 17.2 Å². The van der Waals surface area contributed by atoms with E-state index in [9.17, 15) is 18.4 Å². The molecule has 4 heterocycles. The van der Waals surface area contributed by atoms with Crippen molar-refractivity contribution in [2.45, 2.75) is 59.3 Å². The third-order valence-corrected chi connectivity index (χ3v) is 10.6. The fourth-order valence-electron chi connectivity index (χ4n) is 7.63. The first-order chi connectivity index (χ1) is 25.7. The smallest absolute Gasteiger partial charge is 0.263 e. The number of unbranched alkanes of at least 4 members (excludes halogenated alkanes) is 4. The molecule has 3 aliphatic heterocycles. The SMILES string of the molecule is CCCOc1cc(OCC)cc(-n2cc(C(=O)N(CC)c3cc(F)cc(F)c3)c(=O)c3ccc(OCCCCCCC[N+]45CCN(CC4)CC5)cc32)c1.[Cl-]. The van der Waals surface area contributed by atoms with E-state index in [-0.39, 0.29) is 30.2 Å². The first-order valence-electron chi connectivity index (χ1n) is 19.3. The highest BCUT2D eigenvalue weighted by atomic mass is 35.5. The van der Waals surface area contributed by atoms with Gasteiger partial charge in [-0.15, -0.1) is 0 Å². The highest BCUT2D eigenvalue weighted by molar-refractivity contribution is 6.07. The van der Waals surface area contributed by atoms with Gasteiger partial charge in [-0.1, -0.05) is 19.8 Å². The Morgan fingerprint density at radius 1 is 0.778 bits per heavy atom. The van der Waals surface area contributed by atoms with Crippen LogP contribution in [0.1, 0.15) is 69.7 Å². The first-order valence-corrected chi connectivity index (χ1v) is 19.3. The van der Waals surface area contributed by atoms with Gasteiger partial charge in [0.2, 0.25) is 5.43 Å². The van der Waals surface area contributed by atoms with Crippen LogP contribution in [0.15, 0.2) is 65.6 Å². The van der Waals surface area contributed by atoms with Crippen LogP contribution in [0, 0.1) is 11.6 Å². The van der Waals surface area contributed by atoms with Gasteiger partial charge in [0.1, 0.15) is 34.4 Å². The lowest BCUT2D eigenvalue weighted by molar-refractivity contribution is -0.941. The van der Waals surface area contributed by atoms with Crippen LogP contribution in [0.4, 0.5) is 14.5 Å². The van der Waals surface area contributed by atoms with E-state index in [2.05, 4.69) is 4.90 Å². The number of anilines is 1. The van der Waals surface area contributed by atoms with Gasteiger partial charge in [-0.2, -0.15) is 0 Å². The number of piperazine rings is 3. The third kappa shape index (κ3) is 9.72. The fraction of sp³-hybridized carbons (Fsp3) is 0.476. The average molecular weight is 767 g/mol. The lowest BCUT2D eigenvalue weighted by Crippen LogP contribution is -3.00. The summed E-state index contributed by atoms with van der Waals surface area (Å²) in [5.74, 6) is -0.560. The number of ether oxygens (including phenoxy) is 3. The second-order valence-electron chi connectivity index (χ2n) is 14.2. The standard InChI is InChI=1S/C42H53F2N4O5.ClH/c1-4-21-52-37-27-34(26-36(28-37)51-6-3)47-30-39(42(50)46(5-2)33-24-31(43)23-32(44)25-33)41(49)38-13-12-35(29-40(38)47)53-22-11-9-7-8-10-17-48-18-14-45(15-19-48)16-20-48;/h12-13,23-30H,4-11,14-22H2,1-3H3;1H/q+1;/p-1. The van der Waals surface area contributed by atoms with Crippen LogP contribution in [0.2, 0.25) is 0 Å². The topological polar surface area (TPSA) is 73.2 Å². The maximum atomic E-state index is 14.2. The summed E-state index contributed by atoms with van der Waals surface area (Å²) >= 11 is 0. The van der Waals surface area contributed by atoms with Crippen molar-refractivity contribution in [1.29, 1.82) is 0 Å². The number of amides is 1. The highest BCUT2D eigenvalue weighted by Crippen LogP contribution is 2.30. The molecule has 0 spiro atoms. The van der Waals surface area contributed by atoms with Gasteiger partial charge in [0.05, 0.1) is 57.2 Å². The molecule has 12 heteroatoms. The normalized spacial score (nSPS) is 17.6. The molecule has 4 aromatic rings. The molecule has 7 rings (SSSR count). The Bertz CT molecular complexity index is 1910. The molecule has 2 bridgehead atoms. The molecule has 3 saturated heterocycles. The Morgan fingerprint density at radius 2 is 1.43 bits per heavy atom. The van der Waals surface area contributed by atoms with E-state index in [1.807, 2.05) is 38.1 Å². The van der Waals surface area contributed by atoms with Crippen LogP contribution in [-0.4, -0.2) is 92.0 Å². The van der Waals surface area contributed by atoms with Gasteiger partial charge in [-0.25, -0.2) is 8.78 Å². The molecule has 0 atom stereocenters. The number of carbonyl (C=O) groups is 1. The van der Waals surface area contributed by atoms with E-state index >= 15 is 0 Å². The third-order valence-electron chi connectivity index (χ3n) is 10.6. The molecule has 3 aromatic carbocycles. The molecule has 9 nitrogen and oxygen atoms in total. The lowest BCUT2D eigenvalue weighted by atomic mass is 10.1. The lowest BCUT2D eigenvalue weighted by Gasteiger charge is -2.50. The predicted molar refractivity (Wildman–Crippen MR) is 205 cm³/mol. The van der Waals surface area contributed by atoms with Crippen molar-refractivity contribution in [2.75, 3.05) is 77.1 Å². The van der Waals surface area contributed by atoms with E-state index in [1.54, 1.807) is 23.6 Å². The Balaban J connectivity index is 0.00000561. The molecule has 1 aromatic heterocycles. The molecule has 3 aliphatic rings. The molecule has 292 valence electrons. The summed E-state index contributed by atoms with van der Waals surface area (Å²) in [6.45, 7) is 16.1. The zero-order valence-corrected chi connectivity index (χ0v) is 32.5. The van der Waals surface area contributed by atoms with Crippen molar-refractivity contribution >= 4 is 22.5 Å². The summed E-state index contributed by atoms with van der Waals surface area (Å²) < 4.78 is 49.6. The zero-order valence-electron chi connectivity index (χ0n) is 31.8. The maximum absolute atomic E-state index is 14.2. The van der Waals surface area contributed by atoms with Gasteiger partial charge in [0.15, 0.2) is 0 Å². The van der Waals surface area contributed by atoms with Gasteiger partial charge in [0.25, 0.3) is 5.91 Å². The number of pyridine rings is 1. The minimum Gasteiger partial charge on any atom is -1.00 e. The van der Waals surface area contributed by atoms with E-state index in [0.717, 1.165) is 37.5 Å². The Hall–Kier alpha value is -4.19. The summed E-state index contributed by atoms with van der Waals surface area (Å²) in [7, 11) is 0. The van der Waals surface area contributed by atoms with Crippen LogP contribution in [-0.2, 0) is 0 Å². The molecule has 0 radical (unpaired) electrons. The number of carbonyl (C=O) groups excluding carboxylic acids is 1. The van der Waals surface area contributed by atoms with Crippen LogP contribution in [0.3, 0.4) is 0 Å². The first kappa shape index (κ1) is 41.0. The van der Waals surface area contributed by atoms with Crippen LogP contribution >= 0.6 is 0 Å². The molecule has 1 amide bonds. The van der Waals surface area contributed by atoms with Gasteiger partial charge in [0, 0.05) is 73.8 Å². The van der Waals surface area contributed by atoms with Crippen LogP contribution < -0.4 is 36.9 Å². The minimum absolute atomic E-state index is 0. The van der Waals surface area contributed by atoms with E-state index in [1.165, 1.54) is 80.7 Å². The summed E-state index contributed by atoms with van der Waals surface area (Å²) in [5.41, 5.74) is 0.512. The number of hydrogen-bond donors (Lipinski definition) is 0. The van der Waals surface area contributed by atoms with E-state index < -0.39 is 23.0 Å². The number of benzene rings is 3. The van der Waals surface area contributed by atoms with E-state index in [4.69, 9.17) is 14.2 Å². The number of quaternary nitrogens is 1. The quantitative estimate of drug-likeness (QED) is 0.109. The number of halogens is 3. The minimum atomic E-state index is -0.819. The zero-order chi connectivity index (χ0) is 37.4. The molecule has 0 unspecified atom stereocenters. The van der Waals surface area contributed by atoms with Crippen molar-refractivity contribution < 1.29 is 44.7 Å². The number of rotatable bonds is 18. The summed E-state index contributed by atoms with van der Waals surface area (Å²) in [6.07, 6.45) is 8.00. The Kier molecular flexibility index (Phi) is 14.4. The second kappa shape index (κ2) is 18.9. The predicted octanol–water partition coefficient (Wildman–Crippen LogP) is 4.60. The number of hydrogen-bond acceptors (Lipinski definition) is 6. The Morgan fingerprint density at radius 3 is 2.09 bits per heavy atom. The number of nitrogens with zero attached hydrogens (tertiary/aromatic N) is 4. The van der Waals surface area contributed by atoms with Crippen molar-refractivity contribution in [3.8, 4) is 22.9 Å². The van der Waals surface area contributed by atoms with E-state index in [0.29, 0.717) is 53.7 Å². The number of fused-ring (bicyclic) bond motifs is 4. The van der Waals surface area contributed by atoms with Crippen molar-refractivity contribution in [3.63, 3.8) is 0 Å². The monoisotopic (exact) mass is 766 g/mol. The molecular formula is C42H53ClF2N4O5. The molecular weight excluding hydrogens is 714 g/mol. The van der Waals surface area contributed by atoms with Gasteiger partial charge in [-0.05, 0) is 63.8 Å². The molecule has 0 saturated carbocycles. The molecule has 0 N–H and O–H groups in total. The van der Waals surface area contributed by atoms with Gasteiger partial charge in [-0.3, -0.25) is 14.5 Å². The van der Waals surface area contributed by atoms with Crippen molar-refractivity contribution in [3.05, 3.63) is 88.2 Å². The van der Waals surface area contributed by atoms with Gasteiger partial charge < -0.3 is 40.6 Å². The van der Waals surface area contributed by atoms with Crippen molar-refractivity contribution in [1.82, 2.24) is 9.47 Å². The summed E-state index contributed by atoms with van der Waals surface area (Å²) in [5, 5.41) is 0.295. The molecule has 0 aliphatic carbocycles.